The van der Waals surface area contributed by atoms with Crippen molar-refractivity contribution in [2.75, 3.05) is 20.1 Å². The fourth-order valence-corrected chi connectivity index (χ4v) is 3.29. The highest BCUT2D eigenvalue weighted by atomic mass is 35.5. The predicted molar refractivity (Wildman–Crippen MR) is 117 cm³/mol. The maximum absolute atomic E-state index is 13.0. The number of carbonyl (C=O) groups is 3. The number of nitrogens with one attached hydrogen (secondary N) is 3. The van der Waals surface area contributed by atoms with Crippen molar-refractivity contribution in [3.8, 4) is 0 Å². The second-order valence-corrected chi connectivity index (χ2v) is 7.12. The predicted octanol–water partition coefficient (Wildman–Crippen LogP) is 1.65. The Balaban J connectivity index is 0.00000320. The van der Waals surface area contributed by atoms with E-state index in [2.05, 4.69) is 16.0 Å². The summed E-state index contributed by atoms with van der Waals surface area (Å²) in [7, 11) is 1.81. The molecule has 3 amide bonds. The van der Waals surface area contributed by atoms with E-state index in [9.17, 15) is 14.4 Å². The van der Waals surface area contributed by atoms with Gasteiger partial charge in [0, 0.05) is 24.7 Å². The second-order valence-electron chi connectivity index (χ2n) is 7.12. The molecule has 0 radical (unpaired) electrons. The lowest BCUT2D eigenvalue weighted by Crippen LogP contribution is -2.45. The average Bonchev–Trinajstić information content (AvgIpc) is 3.03. The van der Waals surface area contributed by atoms with Crippen molar-refractivity contribution in [2.45, 2.75) is 25.6 Å². The lowest BCUT2D eigenvalue weighted by Gasteiger charge is -2.24. The molecule has 2 aromatic carbocycles. The molecular weight excluding hydrogens is 404 g/mol. The topological polar surface area (TPSA) is 90.5 Å². The number of benzene rings is 2. The van der Waals surface area contributed by atoms with Crippen molar-refractivity contribution in [1.82, 2.24) is 20.9 Å². The van der Waals surface area contributed by atoms with E-state index in [4.69, 9.17) is 0 Å². The minimum Gasteiger partial charge on any atom is -0.353 e. The third-order valence-corrected chi connectivity index (χ3v) is 5.02. The number of halogens is 1. The van der Waals surface area contributed by atoms with E-state index in [0.717, 1.165) is 5.56 Å². The summed E-state index contributed by atoms with van der Waals surface area (Å²) in [5, 5.41) is 8.47. The SMILES string of the molecule is CNC(C)CNC(=O)CNC(=O)C1c2ccccc2C(=O)N1Cc1ccccc1.Cl. The second kappa shape index (κ2) is 10.8. The molecular formula is C22H27ClN4O3. The number of amides is 3. The van der Waals surface area contributed by atoms with Crippen LogP contribution in [0.1, 0.15) is 34.5 Å². The Morgan fingerprint density at radius 1 is 1.03 bits per heavy atom. The monoisotopic (exact) mass is 430 g/mol. The van der Waals surface area contributed by atoms with E-state index in [1.165, 1.54) is 0 Å². The zero-order chi connectivity index (χ0) is 20.8. The maximum Gasteiger partial charge on any atom is 0.255 e. The standard InChI is InChI=1S/C22H26N4O3.ClH/c1-15(23-2)12-24-19(27)13-25-21(28)20-17-10-6-7-11-18(17)22(29)26(20)14-16-8-4-3-5-9-16;/h3-11,15,20,23H,12-14H2,1-2H3,(H,24,27)(H,25,28);1H. The summed E-state index contributed by atoms with van der Waals surface area (Å²) < 4.78 is 0. The van der Waals surface area contributed by atoms with Crippen LogP contribution in [-0.4, -0.2) is 48.8 Å². The molecule has 160 valence electrons. The van der Waals surface area contributed by atoms with Gasteiger partial charge in [0.05, 0.1) is 6.54 Å². The van der Waals surface area contributed by atoms with Crippen LogP contribution in [0, 0.1) is 0 Å². The maximum atomic E-state index is 13.0. The van der Waals surface area contributed by atoms with E-state index in [0.29, 0.717) is 24.2 Å². The van der Waals surface area contributed by atoms with Gasteiger partial charge in [0.2, 0.25) is 11.8 Å². The molecule has 0 spiro atoms. The van der Waals surface area contributed by atoms with Crippen LogP contribution < -0.4 is 16.0 Å². The molecule has 1 aliphatic rings. The van der Waals surface area contributed by atoms with E-state index in [-0.39, 0.29) is 42.7 Å². The first-order valence-corrected chi connectivity index (χ1v) is 9.66. The van der Waals surface area contributed by atoms with Crippen LogP contribution in [-0.2, 0) is 16.1 Å². The molecule has 0 saturated heterocycles. The lowest BCUT2D eigenvalue weighted by molar-refractivity contribution is -0.129. The largest absolute Gasteiger partial charge is 0.353 e. The van der Waals surface area contributed by atoms with Gasteiger partial charge in [-0.2, -0.15) is 0 Å². The van der Waals surface area contributed by atoms with Gasteiger partial charge in [-0.15, -0.1) is 12.4 Å². The number of likely N-dealkylation sites (N-methyl/N-ethyl adjacent to an activating group) is 1. The van der Waals surface area contributed by atoms with Crippen molar-refractivity contribution in [3.63, 3.8) is 0 Å². The fraction of sp³-hybridized carbons (Fsp3) is 0.318. The van der Waals surface area contributed by atoms with Gasteiger partial charge in [-0.1, -0.05) is 48.5 Å². The zero-order valence-corrected chi connectivity index (χ0v) is 17.9. The number of carbonyl (C=O) groups excluding carboxylic acids is 3. The summed E-state index contributed by atoms with van der Waals surface area (Å²) in [6, 6.07) is 16.0. The molecule has 30 heavy (non-hydrogen) atoms. The van der Waals surface area contributed by atoms with Crippen LogP contribution in [0.25, 0.3) is 0 Å². The molecule has 1 heterocycles. The quantitative estimate of drug-likeness (QED) is 0.594. The van der Waals surface area contributed by atoms with E-state index < -0.39 is 6.04 Å². The van der Waals surface area contributed by atoms with Gasteiger partial charge in [-0.3, -0.25) is 14.4 Å². The Hall–Kier alpha value is -2.90. The summed E-state index contributed by atoms with van der Waals surface area (Å²) >= 11 is 0. The van der Waals surface area contributed by atoms with E-state index >= 15 is 0 Å². The fourth-order valence-electron chi connectivity index (χ4n) is 3.29. The smallest absolute Gasteiger partial charge is 0.255 e. The van der Waals surface area contributed by atoms with Gasteiger partial charge in [0.15, 0.2) is 0 Å². The van der Waals surface area contributed by atoms with Crippen molar-refractivity contribution in [3.05, 3.63) is 71.3 Å². The van der Waals surface area contributed by atoms with Gasteiger partial charge in [0.25, 0.3) is 5.91 Å². The van der Waals surface area contributed by atoms with Crippen molar-refractivity contribution >= 4 is 30.1 Å². The number of rotatable bonds is 8. The minimum atomic E-state index is -0.761. The van der Waals surface area contributed by atoms with Gasteiger partial charge in [0.1, 0.15) is 6.04 Å². The van der Waals surface area contributed by atoms with Crippen LogP contribution in [0.15, 0.2) is 54.6 Å². The summed E-state index contributed by atoms with van der Waals surface area (Å²) in [5.74, 6) is -0.819. The Bertz CT molecular complexity index is 891. The highest BCUT2D eigenvalue weighted by molar-refractivity contribution is 6.05. The number of nitrogens with zero attached hydrogens (tertiary/aromatic N) is 1. The molecule has 3 N–H and O–H groups in total. The Morgan fingerprint density at radius 2 is 1.70 bits per heavy atom. The normalized spacial score (nSPS) is 15.7. The highest BCUT2D eigenvalue weighted by Crippen LogP contribution is 2.34. The molecule has 7 nitrogen and oxygen atoms in total. The zero-order valence-electron chi connectivity index (χ0n) is 17.1. The molecule has 0 bridgehead atoms. The molecule has 0 saturated carbocycles. The van der Waals surface area contributed by atoms with Crippen molar-refractivity contribution < 1.29 is 14.4 Å². The molecule has 3 rings (SSSR count). The Kier molecular flexibility index (Phi) is 8.38. The van der Waals surface area contributed by atoms with Crippen LogP contribution in [0.5, 0.6) is 0 Å². The molecule has 1 aliphatic heterocycles. The Morgan fingerprint density at radius 3 is 2.40 bits per heavy atom. The first-order chi connectivity index (χ1) is 14.0. The molecule has 8 heteroatoms. The van der Waals surface area contributed by atoms with Crippen molar-refractivity contribution in [2.24, 2.45) is 0 Å². The third kappa shape index (κ3) is 5.37. The highest BCUT2D eigenvalue weighted by Gasteiger charge is 2.40. The molecule has 2 aromatic rings. The molecule has 0 aliphatic carbocycles. The number of hydrogen-bond acceptors (Lipinski definition) is 4. The number of hydrogen-bond donors (Lipinski definition) is 3. The van der Waals surface area contributed by atoms with E-state index in [1.54, 1.807) is 23.1 Å². The lowest BCUT2D eigenvalue weighted by atomic mass is 10.0. The van der Waals surface area contributed by atoms with Crippen LogP contribution in [0.3, 0.4) is 0 Å². The molecule has 0 fully saturated rings. The van der Waals surface area contributed by atoms with Gasteiger partial charge >= 0.3 is 0 Å². The molecule has 2 unspecified atom stereocenters. The van der Waals surface area contributed by atoms with Crippen LogP contribution >= 0.6 is 12.4 Å². The summed E-state index contributed by atoms with van der Waals surface area (Å²) in [6.45, 7) is 2.59. The Labute approximate surface area is 182 Å². The molecule has 0 aromatic heterocycles. The van der Waals surface area contributed by atoms with Gasteiger partial charge < -0.3 is 20.9 Å². The average molecular weight is 431 g/mol. The van der Waals surface area contributed by atoms with Crippen LogP contribution in [0.2, 0.25) is 0 Å². The van der Waals surface area contributed by atoms with Crippen LogP contribution in [0.4, 0.5) is 0 Å². The van der Waals surface area contributed by atoms with E-state index in [1.807, 2.05) is 50.4 Å². The first kappa shape index (κ1) is 23.4. The summed E-state index contributed by atoms with van der Waals surface area (Å²) in [6.07, 6.45) is 0. The summed E-state index contributed by atoms with van der Waals surface area (Å²) in [4.78, 5) is 39.5. The minimum absolute atomic E-state index is 0. The third-order valence-electron chi connectivity index (χ3n) is 5.02. The first-order valence-electron chi connectivity index (χ1n) is 9.66. The van der Waals surface area contributed by atoms with Gasteiger partial charge in [-0.25, -0.2) is 0 Å². The van der Waals surface area contributed by atoms with Gasteiger partial charge in [-0.05, 0) is 31.2 Å². The molecule has 2 atom stereocenters. The van der Waals surface area contributed by atoms with Crippen molar-refractivity contribution in [1.29, 1.82) is 0 Å². The number of fused-ring (bicyclic) bond motifs is 1. The summed E-state index contributed by atoms with van der Waals surface area (Å²) in [5.41, 5.74) is 2.12.